The van der Waals surface area contributed by atoms with Gasteiger partial charge in [0.2, 0.25) is 0 Å². The van der Waals surface area contributed by atoms with Gasteiger partial charge in [0.05, 0.1) is 18.8 Å². The molecule has 0 saturated heterocycles. The highest BCUT2D eigenvalue weighted by Gasteiger charge is 2.26. The van der Waals surface area contributed by atoms with E-state index in [1.54, 1.807) is 6.92 Å². The molecule has 1 aliphatic heterocycles. The number of anilines is 2. The van der Waals surface area contributed by atoms with E-state index in [4.69, 9.17) is 9.26 Å². The molecule has 7 nitrogen and oxygen atoms in total. The van der Waals surface area contributed by atoms with Gasteiger partial charge >= 0.3 is 6.03 Å². The van der Waals surface area contributed by atoms with Crippen LogP contribution in [-0.4, -0.2) is 22.8 Å². The molecule has 2 aromatic heterocycles. The quantitative estimate of drug-likeness (QED) is 0.623. The molecule has 3 aromatic rings. The number of fused-ring (bicyclic) bond motifs is 1. The second-order valence-corrected chi connectivity index (χ2v) is 9.17. The molecule has 2 N–H and O–H groups in total. The van der Waals surface area contributed by atoms with E-state index < -0.39 is 0 Å². The Balaban J connectivity index is 1.56. The van der Waals surface area contributed by atoms with Gasteiger partial charge in [0, 0.05) is 10.6 Å². The zero-order valence-electron chi connectivity index (χ0n) is 17.0. The Morgan fingerprint density at radius 3 is 2.59 bits per heavy atom. The number of aryl methyl sites for hydroxylation is 1. The maximum Gasteiger partial charge on any atom is 0.324 e. The monoisotopic (exact) mass is 412 g/mol. The van der Waals surface area contributed by atoms with Gasteiger partial charge in [0.15, 0.2) is 5.82 Å². The fraction of sp³-hybridized carbons (Fsp3) is 0.381. The van der Waals surface area contributed by atoms with Crippen LogP contribution in [0.4, 0.5) is 15.5 Å². The summed E-state index contributed by atoms with van der Waals surface area (Å²) in [5.41, 5.74) is 3.91. The first-order valence-corrected chi connectivity index (χ1v) is 10.3. The van der Waals surface area contributed by atoms with E-state index in [0.29, 0.717) is 29.9 Å². The molecule has 2 amide bonds. The largest absolute Gasteiger partial charge is 0.376 e. The van der Waals surface area contributed by atoms with Crippen LogP contribution in [-0.2, 0) is 23.2 Å². The molecule has 0 aliphatic carbocycles. The van der Waals surface area contributed by atoms with Gasteiger partial charge in [-0.25, -0.2) is 4.79 Å². The van der Waals surface area contributed by atoms with Crippen molar-refractivity contribution in [1.82, 2.24) is 10.1 Å². The fourth-order valence-corrected chi connectivity index (χ4v) is 4.44. The first-order chi connectivity index (χ1) is 13.8. The number of hydrogen-bond donors (Lipinski definition) is 2. The number of ether oxygens (including phenoxy) is 1. The predicted molar refractivity (Wildman–Crippen MR) is 113 cm³/mol. The van der Waals surface area contributed by atoms with E-state index in [9.17, 15) is 4.79 Å². The lowest BCUT2D eigenvalue weighted by Gasteiger charge is -2.19. The second kappa shape index (κ2) is 7.61. The molecule has 3 heterocycles. The number of hydrogen-bond acceptors (Lipinski definition) is 6. The third-order valence-electron chi connectivity index (χ3n) is 4.80. The highest BCUT2D eigenvalue weighted by atomic mass is 32.1. The van der Waals surface area contributed by atoms with Crippen LogP contribution < -0.4 is 10.6 Å². The molecule has 1 aromatic carbocycles. The van der Waals surface area contributed by atoms with Gasteiger partial charge in [-0.2, -0.15) is 4.98 Å². The van der Waals surface area contributed by atoms with E-state index in [1.165, 1.54) is 16.9 Å². The molecule has 0 bridgehead atoms. The fourth-order valence-electron chi connectivity index (χ4n) is 3.26. The minimum Gasteiger partial charge on any atom is -0.376 e. The third kappa shape index (κ3) is 4.18. The normalized spacial score (nSPS) is 13.8. The number of benzene rings is 1. The van der Waals surface area contributed by atoms with Crippen molar-refractivity contribution in [3.8, 4) is 11.5 Å². The highest BCUT2D eigenvalue weighted by Crippen LogP contribution is 2.42. The Labute approximate surface area is 173 Å². The average Bonchev–Trinajstić information content (AvgIpc) is 3.24. The number of urea groups is 1. The minimum absolute atomic E-state index is 0.0655. The van der Waals surface area contributed by atoms with Crippen molar-refractivity contribution in [2.24, 2.45) is 0 Å². The maximum atomic E-state index is 12.7. The zero-order valence-corrected chi connectivity index (χ0v) is 17.8. The Morgan fingerprint density at radius 2 is 1.93 bits per heavy atom. The highest BCUT2D eigenvalue weighted by molar-refractivity contribution is 7.17. The molecule has 0 radical (unpaired) electrons. The summed E-state index contributed by atoms with van der Waals surface area (Å²) >= 11 is 1.49. The van der Waals surface area contributed by atoms with Crippen molar-refractivity contribution in [3.63, 3.8) is 0 Å². The number of amides is 2. The zero-order chi connectivity index (χ0) is 20.6. The van der Waals surface area contributed by atoms with Gasteiger partial charge in [-0.3, -0.25) is 5.32 Å². The topological polar surface area (TPSA) is 89.3 Å². The molecule has 0 fully saturated rings. The van der Waals surface area contributed by atoms with Crippen LogP contribution in [0.15, 0.2) is 28.8 Å². The van der Waals surface area contributed by atoms with E-state index in [2.05, 4.69) is 41.5 Å². The lowest BCUT2D eigenvalue weighted by atomic mass is 9.87. The molecule has 29 heavy (non-hydrogen) atoms. The first-order valence-electron chi connectivity index (χ1n) is 9.53. The Bertz CT molecular complexity index is 1030. The lowest BCUT2D eigenvalue weighted by molar-refractivity contribution is 0.113. The van der Waals surface area contributed by atoms with E-state index in [0.717, 1.165) is 28.1 Å². The van der Waals surface area contributed by atoms with Crippen LogP contribution in [0.25, 0.3) is 11.5 Å². The van der Waals surface area contributed by atoms with Gasteiger partial charge in [-0.05, 0) is 42.0 Å². The van der Waals surface area contributed by atoms with E-state index in [1.807, 2.05) is 24.3 Å². The summed E-state index contributed by atoms with van der Waals surface area (Å²) in [5.74, 6) is 0.980. The lowest BCUT2D eigenvalue weighted by Crippen LogP contribution is -2.19. The Kier molecular flexibility index (Phi) is 5.14. The molecule has 0 atom stereocenters. The molecular weight excluding hydrogens is 388 g/mol. The Hall–Kier alpha value is -2.71. The molecule has 8 heteroatoms. The summed E-state index contributed by atoms with van der Waals surface area (Å²) < 4.78 is 11.0. The maximum absolute atomic E-state index is 12.7. The summed E-state index contributed by atoms with van der Waals surface area (Å²) in [7, 11) is 0. The van der Waals surface area contributed by atoms with Gasteiger partial charge in [-0.15, -0.1) is 11.3 Å². The molecular formula is C21H24N4O3S. The van der Waals surface area contributed by atoms with Crippen molar-refractivity contribution in [2.45, 2.75) is 46.1 Å². The number of carbonyl (C=O) groups excluding carboxylic acids is 1. The van der Waals surface area contributed by atoms with E-state index >= 15 is 0 Å². The van der Waals surface area contributed by atoms with Crippen molar-refractivity contribution >= 4 is 28.1 Å². The molecule has 0 spiro atoms. The van der Waals surface area contributed by atoms with Gasteiger partial charge in [-0.1, -0.05) is 38.1 Å². The number of nitrogens with zero attached hydrogens (tertiary/aromatic N) is 2. The number of thiophene rings is 1. The smallest absolute Gasteiger partial charge is 0.324 e. The molecule has 1 aliphatic rings. The van der Waals surface area contributed by atoms with Gasteiger partial charge in [0.25, 0.3) is 5.89 Å². The Morgan fingerprint density at radius 1 is 1.17 bits per heavy atom. The van der Waals surface area contributed by atoms with Crippen LogP contribution in [0.5, 0.6) is 0 Å². The number of carbonyl (C=O) groups is 1. The number of nitrogens with one attached hydrogen (secondary N) is 2. The molecule has 0 saturated carbocycles. The number of aromatic nitrogens is 2. The third-order valence-corrected chi connectivity index (χ3v) is 5.92. The second-order valence-electron chi connectivity index (χ2n) is 8.06. The average molecular weight is 413 g/mol. The van der Waals surface area contributed by atoms with Crippen molar-refractivity contribution < 1.29 is 14.1 Å². The molecule has 0 unspecified atom stereocenters. The van der Waals surface area contributed by atoms with Crippen LogP contribution in [0, 0.1) is 6.92 Å². The summed E-state index contributed by atoms with van der Waals surface area (Å²) in [5, 5.41) is 10.4. The number of rotatable bonds is 3. The van der Waals surface area contributed by atoms with E-state index in [-0.39, 0.29) is 11.4 Å². The molecule has 4 rings (SSSR count). The van der Waals surface area contributed by atoms with Crippen LogP contribution in [0.3, 0.4) is 0 Å². The van der Waals surface area contributed by atoms with Crippen LogP contribution >= 0.6 is 11.3 Å². The summed E-state index contributed by atoms with van der Waals surface area (Å²) in [6, 6.07) is 7.57. The van der Waals surface area contributed by atoms with Crippen LogP contribution in [0.2, 0.25) is 0 Å². The predicted octanol–water partition coefficient (Wildman–Crippen LogP) is 5.12. The molecule has 152 valence electrons. The minimum atomic E-state index is -0.314. The summed E-state index contributed by atoms with van der Waals surface area (Å²) in [4.78, 5) is 18.1. The first kappa shape index (κ1) is 19.6. The standard InChI is InChI=1S/C21H24N4O3S/c1-12-22-18(28-25-12)17-15-9-10-27-11-16(15)29-19(17)24-20(26)23-14-7-5-13(6-8-14)21(2,3)4/h5-8H,9-11H2,1-4H3,(H2,23,24,26). The SMILES string of the molecule is Cc1noc(-c2c(NC(=O)Nc3ccc(C(C)(C)C)cc3)sc3c2CCOC3)n1. The van der Waals surface area contributed by atoms with Crippen LogP contribution in [0.1, 0.15) is 42.6 Å². The summed E-state index contributed by atoms with van der Waals surface area (Å²) in [6.07, 6.45) is 0.750. The summed E-state index contributed by atoms with van der Waals surface area (Å²) in [6.45, 7) is 9.41. The van der Waals surface area contributed by atoms with Crippen molar-refractivity contribution in [2.75, 3.05) is 17.2 Å². The van der Waals surface area contributed by atoms with Crippen molar-refractivity contribution in [1.29, 1.82) is 0 Å². The van der Waals surface area contributed by atoms with Gasteiger partial charge < -0.3 is 14.6 Å². The van der Waals surface area contributed by atoms with Gasteiger partial charge in [0.1, 0.15) is 5.00 Å². The van der Waals surface area contributed by atoms with Crippen molar-refractivity contribution in [3.05, 3.63) is 46.1 Å².